The molecule has 0 heterocycles. The third-order valence-corrected chi connectivity index (χ3v) is 2.49. The molecule has 4 N–H and O–H groups in total. The number of unbranched alkanes of at least 4 members (excludes halogenated alkanes) is 3. The molecule has 82 valence electrons. The van der Waals surface area contributed by atoms with Crippen LogP contribution in [-0.2, 0) is 0 Å². The lowest BCUT2D eigenvalue weighted by Gasteiger charge is -2.08. The summed E-state index contributed by atoms with van der Waals surface area (Å²) >= 11 is 0. The molecule has 2 nitrogen and oxygen atoms in total. The van der Waals surface area contributed by atoms with Crippen LogP contribution in [0.5, 0.6) is 0 Å². The SMILES string of the molecule is C=CCCCCC/C(CC)=C(\N)CN. The zero-order chi connectivity index (χ0) is 10.8. The molecule has 0 saturated carbocycles. The largest absolute Gasteiger partial charge is 0.401 e. The minimum absolute atomic E-state index is 0.496. The Hall–Kier alpha value is -0.760. The summed E-state index contributed by atoms with van der Waals surface area (Å²) in [5.41, 5.74) is 13.5. The van der Waals surface area contributed by atoms with E-state index < -0.39 is 0 Å². The minimum Gasteiger partial charge on any atom is -0.401 e. The highest BCUT2D eigenvalue weighted by molar-refractivity contribution is 5.11. The van der Waals surface area contributed by atoms with Gasteiger partial charge in [-0.3, -0.25) is 0 Å². The lowest BCUT2D eigenvalue weighted by Crippen LogP contribution is -2.14. The highest BCUT2D eigenvalue weighted by atomic mass is 14.7. The van der Waals surface area contributed by atoms with Crippen LogP contribution < -0.4 is 11.5 Å². The van der Waals surface area contributed by atoms with Crippen molar-refractivity contribution < 1.29 is 0 Å². The van der Waals surface area contributed by atoms with Gasteiger partial charge < -0.3 is 11.5 Å². The number of allylic oxidation sites excluding steroid dienone is 2. The first-order valence-electron chi connectivity index (χ1n) is 5.53. The molecule has 0 fully saturated rings. The van der Waals surface area contributed by atoms with Crippen LogP contribution in [0.25, 0.3) is 0 Å². The molecule has 0 aliphatic carbocycles. The third-order valence-electron chi connectivity index (χ3n) is 2.49. The van der Waals surface area contributed by atoms with E-state index in [2.05, 4.69) is 13.5 Å². The first-order chi connectivity index (χ1) is 6.76. The third kappa shape index (κ3) is 5.81. The normalized spacial score (nSPS) is 12.4. The predicted molar refractivity (Wildman–Crippen MR) is 63.8 cm³/mol. The molecular formula is C12H24N2. The van der Waals surface area contributed by atoms with Gasteiger partial charge >= 0.3 is 0 Å². The first-order valence-corrected chi connectivity index (χ1v) is 5.53. The van der Waals surface area contributed by atoms with Gasteiger partial charge in [0.25, 0.3) is 0 Å². The molecule has 0 atom stereocenters. The summed E-state index contributed by atoms with van der Waals surface area (Å²) in [4.78, 5) is 0. The molecule has 0 radical (unpaired) electrons. The van der Waals surface area contributed by atoms with Crippen molar-refractivity contribution in [2.45, 2.75) is 45.4 Å². The summed E-state index contributed by atoms with van der Waals surface area (Å²) in [6.45, 7) is 6.34. The second-order valence-corrected chi connectivity index (χ2v) is 3.57. The highest BCUT2D eigenvalue weighted by Crippen LogP contribution is 2.14. The van der Waals surface area contributed by atoms with Crippen molar-refractivity contribution in [3.63, 3.8) is 0 Å². The van der Waals surface area contributed by atoms with Crippen molar-refractivity contribution in [2.24, 2.45) is 11.5 Å². The molecule has 0 aromatic carbocycles. The van der Waals surface area contributed by atoms with Crippen molar-refractivity contribution in [2.75, 3.05) is 6.54 Å². The van der Waals surface area contributed by atoms with Crippen molar-refractivity contribution >= 4 is 0 Å². The van der Waals surface area contributed by atoms with E-state index in [1.165, 1.54) is 24.8 Å². The molecule has 0 aliphatic heterocycles. The van der Waals surface area contributed by atoms with Crippen molar-refractivity contribution in [1.29, 1.82) is 0 Å². The fraction of sp³-hybridized carbons (Fsp3) is 0.667. The summed E-state index contributed by atoms with van der Waals surface area (Å²) in [6.07, 6.45) is 8.96. The zero-order valence-corrected chi connectivity index (χ0v) is 9.39. The van der Waals surface area contributed by atoms with Gasteiger partial charge in [0.1, 0.15) is 0 Å². The van der Waals surface area contributed by atoms with Gasteiger partial charge in [-0.15, -0.1) is 6.58 Å². The number of hydrogen-bond donors (Lipinski definition) is 2. The van der Waals surface area contributed by atoms with Gasteiger partial charge in [0.2, 0.25) is 0 Å². The second kappa shape index (κ2) is 8.82. The molecule has 0 amide bonds. The Kier molecular flexibility index (Phi) is 8.34. The summed E-state index contributed by atoms with van der Waals surface area (Å²) in [5.74, 6) is 0. The van der Waals surface area contributed by atoms with Crippen LogP contribution in [0.3, 0.4) is 0 Å². The Labute approximate surface area is 88.1 Å². The second-order valence-electron chi connectivity index (χ2n) is 3.57. The van der Waals surface area contributed by atoms with Crippen LogP contribution >= 0.6 is 0 Å². The van der Waals surface area contributed by atoms with E-state index in [0.717, 1.165) is 25.0 Å². The molecule has 0 aromatic heterocycles. The average Bonchev–Trinajstić information content (AvgIpc) is 2.22. The Bertz CT molecular complexity index is 183. The predicted octanol–water partition coefficient (Wildman–Crippen LogP) is 2.70. The molecule has 0 rings (SSSR count). The quantitative estimate of drug-likeness (QED) is 0.463. The van der Waals surface area contributed by atoms with Crippen LogP contribution in [0.4, 0.5) is 0 Å². The average molecular weight is 196 g/mol. The van der Waals surface area contributed by atoms with E-state index in [0.29, 0.717) is 6.54 Å². The van der Waals surface area contributed by atoms with E-state index in [4.69, 9.17) is 11.5 Å². The standard InChI is InChI=1S/C12H24N2/c1-3-5-6-7-8-9-11(4-2)12(14)10-13/h3H,1,4-10,13-14H2,2H3/b12-11-. The molecule has 0 spiro atoms. The van der Waals surface area contributed by atoms with E-state index >= 15 is 0 Å². The van der Waals surface area contributed by atoms with Gasteiger partial charge in [0, 0.05) is 12.2 Å². The highest BCUT2D eigenvalue weighted by Gasteiger charge is 1.99. The van der Waals surface area contributed by atoms with E-state index in [9.17, 15) is 0 Å². The monoisotopic (exact) mass is 196 g/mol. The van der Waals surface area contributed by atoms with Gasteiger partial charge in [0.05, 0.1) is 0 Å². The molecule has 0 aliphatic rings. The Balaban J connectivity index is 3.68. The maximum absolute atomic E-state index is 5.81. The Morgan fingerprint density at radius 3 is 2.50 bits per heavy atom. The molecule has 0 bridgehead atoms. The van der Waals surface area contributed by atoms with E-state index in [-0.39, 0.29) is 0 Å². The Morgan fingerprint density at radius 1 is 1.29 bits per heavy atom. The number of nitrogens with two attached hydrogens (primary N) is 2. The van der Waals surface area contributed by atoms with Gasteiger partial charge in [-0.1, -0.05) is 25.0 Å². The molecule has 0 saturated heterocycles. The van der Waals surface area contributed by atoms with Crippen molar-refractivity contribution in [1.82, 2.24) is 0 Å². The summed E-state index contributed by atoms with van der Waals surface area (Å²) in [7, 11) is 0. The van der Waals surface area contributed by atoms with Crippen molar-refractivity contribution in [3.05, 3.63) is 23.9 Å². The lowest BCUT2D eigenvalue weighted by atomic mass is 10.0. The van der Waals surface area contributed by atoms with Crippen LogP contribution in [0, 0.1) is 0 Å². The fourth-order valence-corrected chi connectivity index (χ4v) is 1.51. The maximum atomic E-state index is 5.81. The molecule has 0 aromatic rings. The van der Waals surface area contributed by atoms with Gasteiger partial charge in [-0.2, -0.15) is 0 Å². The lowest BCUT2D eigenvalue weighted by molar-refractivity contribution is 0.670. The van der Waals surface area contributed by atoms with E-state index in [1.807, 2.05) is 6.08 Å². The van der Waals surface area contributed by atoms with Crippen LogP contribution in [0.15, 0.2) is 23.9 Å². The minimum atomic E-state index is 0.496. The van der Waals surface area contributed by atoms with Crippen molar-refractivity contribution in [3.8, 4) is 0 Å². The molecule has 0 unspecified atom stereocenters. The number of rotatable bonds is 8. The maximum Gasteiger partial charge on any atom is 0.0326 e. The van der Waals surface area contributed by atoms with Crippen LogP contribution in [0.2, 0.25) is 0 Å². The van der Waals surface area contributed by atoms with Crippen LogP contribution in [-0.4, -0.2) is 6.54 Å². The van der Waals surface area contributed by atoms with Gasteiger partial charge in [-0.25, -0.2) is 0 Å². The number of hydrogen-bond acceptors (Lipinski definition) is 2. The van der Waals surface area contributed by atoms with Gasteiger partial charge in [-0.05, 0) is 32.1 Å². The summed E-state index contributed by atoms with van der Waals surface area (Å²) < 4.78 is 0. The smallest absolute Gasteiger partial charge is 0.0326 e. The summed E-state index contributed by atoms with van der Waals surface area (Å²) in [6, 6.07) is 0. The zero-order valence-electron chi connectivity index (χ0n) is 9.39. The summed E-state index contributed by atoms with van der Waals surface area (Å²) in [5, 5.41) is 0. The fourth-order valence-electron chi connectivity index (χ4n) is 1.51. The first kappa shape index (κ1) is 13.2. The topological polar surface area (TPSA) is 52.0 Å². The molecular weight excluding hydrogens is 172 g/mol. The molecule has 14 heavy (non-hydrogen) atoms. The Morgan fingerprint density at radius 2 is 2.00 bits per heavy atom. The van der Waals surface area contributed by atoms with E-state index in [1.54, 1.807) is 0 Å². The molecule has 2 heteroatoms. The van der Waals surface area contributed by atoms with Crippen LogP contribution in [0.1, 0.15) is 45.4 Å². The van der Waals surface area contributed by atoms with Gasteiger partial charge in [0.15, 0.2) is 0 Å².